The number of nitrogens with two attached hydrogens (primary N) is 1. The molecule has 0 bridgehead atoms. The summed E-state index contributed by atoms with van der Waals surface area (Å²) < 4.78 is 52.6. The van der Waals surface area contributed by atoms with Gasteiger partial charge in [-0.2, -0.15) is 15.3 Å². The lowest BCUT2D eigenvalue weighted by molar-refractivity contribution is 0.198. The number of hydrogen-bond donors (Lipinski definition) is 3. The standard InChI is InChI=1S/C30H38N8O5S2/c1-7-44(39,40)17-15-33-29-27(31)22(5)28(30(34-29)32-14-9-16-43-6)38-37-26-19-20(3)25(18-21(26)4)36-35-23-10-12-24(13-11-23)45(41,42)8-2/h7-8,10-13,18-19H,1-2,9,14-17,31H2,3-6H3,(H2,32,33,34)/b36-35+,38-37+. The average molecular weight is 655 g/mol. The number of nitrogens with zero attached hydrogens (tertiary/aromatic N) is 5. The smallest absolute Gasteiger partial charge is 0.199 e. The minimum Gasteiger partial charge on any atom is -0.395 e. The van der Waals surface area contributed by atoms with E-state index in [0.29, 0.717) is 65.2 Å². The maximum Gasteiger partial charge on any atom is 0.199 e. The van der Waals surface area contributed by atoms with Gasteiger partial charge in [-0.15, -0.1) is 5.11 Å². The molecule has 1 heterocycles. The van der Waals surface area contributed by atoms with Crippen LogP contribution in [0.3, 0.4) is 0 Å². The van der Waals surface area contributed by atoms with E-state index < -0.39 is 19.7 Å². The molecule has 4 N–H and O–H groups in total. The monoisotopic (exact) mass is 654 g/mol. The third-order valence-corrected chi connectivity index (χ3v) is 9.29. The van der Waals surface area contributed by atoms with Crippen molar-refractivity contribution in [2.75, 3.05) is 48.9 Å². The van der Waals surface area contributed by atoms with E-state index in [1.807, 2.05) is 26.0 Å². The number of benzene rings is 2. The maximum absolute atomic E-state index is 11.9. The van der Waals surface area contributed by atoms with E-state index in [0.717, 1.165) is 21.9 Å². The molecule has 0 spiro atoms. The number of hydrogen-bond acceptors (Lipinski definition) is 13. The van der Waals surface area contributed by atoms with Gasteiger partial charge >= 0.3 is 0 Å². The van der Waals surface area contributed by atoms with Crippen molar-refractivity contribution in [1.82, 2.24) is 4.98 Å². The summed E-state index contributed by atoms with van der Waals surface area (Å²) in [4.78, 5) is 4.72. The number of azo groups is 2. The van der Waals surface area contributed by atoms with Gasteiger partial charge in [-0.05, 0) is 74.7 Å². The van der Waals surface area contributed by atoms with Crippen molar-refractivity contribution in [2.24, 2.45) is 20.5 Å². The molecule has 2 aromatic carbocycles. The Hall–Kier alpha value is -4.47. The number of sulfone groups is 2. The summed E-state index contributed by atoms with van der Waals surface area (Å²) in [7, 11) is -5.30. The fourth-order valence-electron chi connectivity index (χ4n) is 3.92. The Balaban J connectivity index is 1.88. The average Bonchev–Trinajstić information content (AvgIpc) is 3.02. The molecular formula is C30H38N8O5S2. The molecule has 0 aliphatic rings. The molecule has 0 radical (unpaired) electrons. The van der Waals surface area contributed by atoms with Crippen molar-refractivity contribution in [3.05, 3.63) is 77.1 Å². The van der Waals surface area contributed by atoms with Crippen LogP contribution in [0, 0.1) is 20.8 Å². The van der Waals surface area contributed by atoms with Gasteiger partial charge in [-0.3, -0.25) is 0 Å². The zero-order valence-corrected chi connectivity index (χ0v) is 27.4. The van der Waals surface area contributed by atoms with Gasteiger partial charge in [-0.1, -0.05) is 13.2 Å². The number of methoxy groups -OCH3 is 1. The number of aryl methyl sites for hydroxylation is 2. The number of anilines is 3. The van der Waals surface area contributed by atoms with Crippen LogP contribution in [-0.4, -0.2) is 54.4 Å². The molecule has 45 heavy (non-hydrogen) atoms. The van der Waals surface area contributed by atoms with Gasteiger partial charge < -0.3 is 21.1 Å². The highest BCUT2D eigenvalue weighted by Gasteiger charge is 2.17. The number of ether oxygens (including phenoxy) is 1. The second-order valence-corrected chi connectivity index (χ2v) is 13.9. The lowest BCUT2D eigenvalue weighted by atomic mass is 10.1. The van der Waals surface area contributed by atoms with Crippen molar-refractivity contribution in [1.29, 1.82) is 0 Å². The molecular weight excluding hydrogens is 617 g/mol. The van der Waals surface area contributed by atoms with Gasteiger partial charge in [0, 0.05) is 43.2 Å². The van der Waals surface area contributed by atoms with E-state index in [9.17, 15) is 16.8 Å². The molecule has 15 heteroatoms. The first-order chi connectivity index (χ1) is 21.3. The Morgan fingerprint density at radius 2 is 1.47 bits per heavy atom. The summed E-state index contributed by atoms with van der Waals surface area (Å²) >= 11 is 0. The van der Waals surface area contributed by atoms with Crippen LogP contribution in [0.2, 0.25) is 0 Å². The van der Waals surface area contributed by atoms with E-state index in [2.05, 4.69) is 49.2 Å². The van der Waals surface area contributed by atoms with Crippen LogP contribution in [-0.2, 0) is 24.4 Å². The van der Waals surface area contributed by atoms with Gasteiger partial charge in [-0.25, -0.2) is 21.8 Å². The van der Waals surface area contributed by atoms with Crippen molar-refractivity contribution in [2.45, 2.75) is 32.1 Å². The third-order valence-electron chi connectivity index (χ3n) is 6.64. The highest BCUT2D eigenvalue weighted by Crippen LogP contribution is 2.38. The molecule has 0 aliphatic carbocycles. The molecule has 240 valence electrons. The van der Waals surface area contributed by atoms with Gasteiger partial charge in [0.05, 0.1) is 33.4 Å². The molecule has 0 atom stereocenters. The first-order valence-corrected chi connectivity index (χ1v) is 17.1. The van der Waals surface area contributed by atoms with Gasteiger partial charge in [0.25, 0.3) is 0 Å². The molecule has 0 aliphatic heterocycles. The Morgan fingerprint density at radius 3 is 2.04 bits per heavy atom. The fourth-order valence-corrected chi connectivity index (χ4v) is 5.18. The van der Waals surface area contributed by atoms with Crippen LogP contribution in [0.25, 0.3) is 0 Å². The number of pyridine rings is 1. The summed E-state index contributed by atoms with van der Waals surface area (Å²) in [6.45, 7) is 13.4. The quantitative estimate of drug-likeness (QED) is 0.111. The summed E-state index contributed by atoms with van der Waals surface area (Å²) in [5.41, 5.74) is 11.0. The lowest BCUT2D eigenvalue weighted by Crippen LogP contribution is -2.16. The van der Waals surface area contributed by atoms with Crippen LogP contribution in [0.5, 0.6) is 0 Å². The molecule has 13 nitrogen and oxygen atoms in total. The SMILES string of the molecule is C=CS(=O)(=O)CCNc1nc(NCCCOC)c(/N=N/c2cc(C)c(/N=N/c3ccc(S(=O)(=O)C=C)cc3)cc2C)c(C)c1N. The van der Waals surface area contributed by atoms with E-state index in [4.69, 9.17) is 10.5 Å². The zero-order chi connectivity index (χ0) is 33.2. The molecule has 0 amide bonds. The van der Waals surface area contributed by atoms with Crippen molar-refractivity contribution in [3.63, 3.8) is 0 Å². The molecule has 1 aromatic heterocycles. The van der Waals surface area contributed by atoms with Crippen LogP contribution in [0.4, 0.5) is 40.1 Å². The summed E-state index contributed by atoms with van der Waals surface area (Å²) in [5.74, 6) is 0.607. The highest BCUT2D eigenvalue weighted by atomic mass is 32.2. The Kier molecular flexibility index (Phi) is 12.1. The Bertz CT molecular complexity index is 1820. The lowest BCUT2D eigenvalue weighted by Gasteiger charge is -2.16. The first-order valence-electron chi connectivity index (χ1n) is 13.9. The number of nitrogens with one attached hydrogen (secondary N) is 2. The second-order valence-electron chi connectivity index (χ2n) is 9.96. The molecule has 3 rings (SSSR count). The molecule has 0 unspecified atom stereocenters. The minimum absolute atomic E-state index is 0.0969. The van der Waals surface area contributed by atoms with Crippen molar-refractivity contribution in [3.8, 4) is 0 Å². The number of aromatic nitrogens is 1. The first kappa shape index (κ1) is 35.0. The van der Waals surface area contributed by atoms with Crippen LogP contribution in [0.1, 0.15) is 23.1 Å². The Morgan fingerprint density at radius 1 is 0.867 bits per heavy atom. The normalized spacial score (nSPS) is 12.1. The summed E-state index contributed by atoms with van der Waals surface area (Å²) in [6, 6.07) is 9.70. The number of nitrogen functional groups attached to an aromatic ring is 1. The third kappa shape index (κ3) is 9.51. The number of rotatable bonds is 16. The van der Waals surface area contributed by atoms with E-state index in [1.54, 1.807) is 26.2 Å². The van der Waals surface area contributed by atoms with Crippen molar-refractivity contribution >= 4 is 59.7 Å². The Labute approximate surface area is 264 Å². The molecule has 0 fully saturated rings. The van der Waals surface area contributed by atoms with Gasteiger partial charge in [0.15, 0.2) is 31.3 Å². The molecule has 0 saturated heterocycles. The predicted octanol–water partition coefficient (Wildman–Crippen LogP) is 6.76. The second kappa shape index (κ2) is 15.5. The topological polar surface area (TPSA) is 190 Å². The van der Waals surface area contributed by atoms with E-state index in [-0.39, 0.29) is 17.2 Å². The minimum atomic E-state index is -3.53. The van der Waals surface area contributed by atoms with E-state index in [1.165, 1.54) is 12.1 Å². The summed E-state index contributed by atoms with van der Waals surface area (Å²) in [5, 5.41) is 25.7. The van der Waals surface area contributed by atoms with Crippen molar-refractivity contribution < 1.29 is 21.6 Å². The fraction of sp³-hybridized carbons (Fsp3) is 0.300. The van der Waals surface area contributed by atoms with Crippen LogP contribution in [0.15, 0.2) is 85.7 Å². The van der Waals surface area contributed by atoms with Crippen LogP contribution < -0.4 is 16.4 Å². The predicted molar refractivity (Wildman–Crippen MR) is 179 cm³/mol. The van der Waals surface area contributed by atoms with Gasteiger partial charge in [0.2, 0.25) is 0 Å². The summed E-state index contributed by atoms with van der Waals surface area (Å²) in [6.07, 6.45) is 0.713. The zero-order valence-electron chi connectivity index (χ0n) is 25.7. The van der Waals surface area contributed by atoms with Crippen LogP contribution >= 0.6 is 0 Å². The van der Waals surface area contributed by atoms with Gasteiger partial charge in [0.1, 0.15) is 5.69 Å². The highest BCUT2D eigenvalue weighted by molar-refractivity contribution is 7.94. The maximum atomic E-state index is 11.9. The largest absolute Gasteiger partial charge is 0.395 e. The molecule has 0 saturated carbocycles. The van der Waals surface area contributed by atoms with E-state index >= 15 is 0 Å². The molecule has 3 aromatic rings.